The van der Waals surface area contributed by atoms with Crippen molar-refractivity contribution in [2.24, 2.45) is 0 Å². The number of rotatable bonds is 3. The van der Waals surface area contributed by atoms with Gasteiger partial charge in [0.1, 0.15) is 5.82 Å². The van der Waals surface area contributed by atoms with Crippen LogP contribution in [0.15, 0.2) is 16.6 Å². The summed E-state index contributed by atoms with van der Waals surface area (Å²) in [5, 5.41) is 0.570. The first-order valence-electron chi connectivity index (χ1n) is 4.18. The van der Waals surface area contributed by atoms with E-state index in [1.165, 1.54) is 13.2 Å². The molecule has 0 aliphatic rings. The van der Waals surface area contributed by atoms with Crippen LogP contribution in [0.25, 0.3) is 0 Å². The van der Waals surface area contributed by atoms with Crippen molar-refractivity contribution in [1.29, 1.82) is 0 Å². The highest BCUT2D eigenvalue weighted by molar-refractivity contribution is 9.10. The van der Waals surface area contributed by atoms with Gasteiger partial charge in [0.2, 0.25) is 0 Å². The molecule has 0 radical (unpaired) electrons. The summed E-state index contributed by atoms with van der Waals surface area (Å²) in [5.74, 6) is -0.856. The molecule has 1 rings (SSSR count). The van der Waals surface area contributed by atoms with E-state index < -0.39 is 11.8 Å². The highest BCUT2D eigenvalue weighted by Crippen LogP contribution is 2.24. The molecule has 0 aliphatic carbocycles. The van der Waals surface area contributed by atoms with Gasteiger partial charge in [0, 0.05) is 15.4 Å². The lowest BCUT2D eigenvalue weighted by atomic mass is 10.1. The van der Waals surface area contributed by atoms with Gasteiger partial charge in [-0.3, -0.25) is 4.79 Å². The monoisotopic (exact) mass is 338 g/mol. The number of ether oxygens (including phenoxy) is 1. The summed E-state index contributed by atoms with van der Waals surface area (Å²) in [6.07, 6.45) is -0.0640. The van der Waals surface area contributed by atoms with E-state index in [2.05, 4.69) is 36.6 Å². The Kier molecular flexibility index (Phi) is 4.73. The third kappa shape index (κ3) is 3.28. The van der Waals surface area contributed by atoms with E-state index >= 15 is 0 Å². The second-order valence-corrected chi connectivity index (χ2v) is 4.34. The number of esters is 1. The highest BCUT2D eigenvalue weighted by atomic mass is 79.9. The third-order valence-corrected chi connectivity index (χ3v) is 3.26. The molecule has 1 aromatic carbocycles. The number of benzene rings is 1. The molecule has 0 heterocycles. The minimum atomic E-state index is -0.457. The van der Waals surface area contributed by atoms with Crippen LogP contribution in [0.5, 0.6) is 0 Å². The normalized spacial score (nSPS) is 10.1. The Hall–Kier alpha value is -0.420. The van der Waals surface area contributed by atoms with Gasteiger partial charge in [0.05, 0.1) is 13.5 Å². The molecule has 0 aromatic heterocycles. The van der Waals surface area contributed by atoms with Crippen molar-refractivity contribution in [2.75, 3.05) is 7.11 Å². The van der Waals surface area contributed by atoms with Gasteiger partial charge < -0.3 is 4.74 Å². The zero-order valence-corrected chi connectivity index (χ0v) is 11.2. The zero-order chi connectivity index (χ0) is 11.4. The van der Waals surface area contributed by atoms with E-state index in [1.54, 1.807) is 6.07 Å². The Balaban J connectivity index is 3.03. The maximum Gasteiger partial charge on any atom is 0.310 e. The zero-order valence-electron chi connectivity index (χ0n) is 8.02. The number of halogens is 3. The molecule has 0 aliphatic heterocycles. The number of hydrogen-bond acceptors (Lipinski definition) is 2. The first kappa shape index (κ1) is 12.6. The molecule has 1 aromatic rings. The average molecular weight is 340 g/mol. The standard InChI is InChI=1S/C10H9Br2FO2/c1-15-10(14)4-7-8(12)2-6(5-11)3-9(7)13/h2-3H,4-5H2,1H3. The van der Waals surface area contributed by atoms with Crippen molar-refractivity contribution in [2.45, 2.75) is 11.8 Å². The fourth-order valence-electron chi connectivity index (χ4n) is 1.12. The summed E-state index contributed by atoms with van der Waals surface area (Å²) in [6.45, 7) is 0. The first-order chi connectivity index (χ1) is 7.08. The maximum absolute atomic E-state index is 13.5. The smallest absolute Gasteiger partial charge is 0.310 e. The second kappa shape index (κ2) is 5.61. The Labute approximate surface area is 104 Å². The predicted octanol–water partition coefficient (Wildman–Crippen LogP) is 3.20. The van der Waals surface area contributed by atoms with Gasteiger partial charge in [-0.25, -0.2) is 4.39 Å². The highest BCUT2D eigenvalue weighted by Gasteiger charge is 2.13. The van der Waals surface area contributed by atoms with Crippen molar-refractivity contribution in [3.8, 4) is 0 Å². The summed E-state index contributed by atoms with van der Waals surface area (Å²) in [5.41, 5.74) is 1.14. The number of carbonyl (C=O) groups is 1. The third-order valence-electron chi connectivity index (χ3n) is 1.90. The van der Waals surface area contributed by atoms with Crippen molar-refractivity contribution in [1.82, 2.24) is 0 Å². The summed E-state index contributed by atoms with van der Waals surface area (Å²) >= 11 is 6.46. The van der Waals surface area contributed by atoms with E-state index in [0.717, 1.165) is 5.56 Å². The van der Waals surface area contributed by atoms with E-state index in [0.29, 0.717) is 15.4 Å². The Morgan fingerprint density at radius 3 is 2.67 bits per heavy atom. The number of carbonyl (C=O) groups excluding carboxylic acids is 1. The van der Waals surface area contributed by atoms with Crippen LogP contribution < -0.4 is 0 Å². The predicted molar refractivity (Wildman–Crippen MR) is 62.5 cm³/mol. The molecule has 0 spiro atoms. The largest absolute Gasteiger partial charge is 0.469 e. The van der Waals surface area contributed by atoms with Gasteiger partial charge in [-0.1, -0.05) is 31.9 Å². The van der Waals surface area contributed by atoms with Crippen LogP contribution in [0, 0.1) is 5.82 Å². The molecule has 0 saturated heterocycles. The van der Waals surface area contributed by atoms with Gasteiger partial charge in [-0.15, -0.1) is 0 Å². The molecular weight excluding hydrogens is 331 g/mol. The van der Waals surface area contributed by atoms with Crippen molar-refractivity contribution in [3.63, 3.8) is 0 Å². The topological polar surface area (TPSA) is 26.3 Å². The quantitative estimate of drug-likeness (QED) is 0.624. The molecular formula is C10H9Br2FO2. The van der Waals surface area contributed by atoms with Crippen LogP contribution in [-0.2, 0) is 21.3 Å². The van der Waals surface area contributed by atoms with E-state index in [9.17, 15) is 9.18 Å². The lowest BCUT2D eigenvalue weighted by molar-refractivity contribution is -0.139. The van der Waals surface area contributed by atoms with Gasteiger partial charge in [-0.05, 0) is 17.7 Å². The van der Waals surface area contributed by atoms with Crippen LogP contribution in [0.3, 0.4) is 0 Å². The summed E-state index contributed by atoms with van der Waals surface area (Å²) < 4.78 is 18.6. The maximum atomic E-state index is 13.5. The number of methoxy groups -OCH3 is 1. The van der Waals surface area contributed by atoms with Crippen molar-refractivity contribution in [3.05, 3.63) is 33.5 Å². The molecule has 0 amide bonds. The molecule has 0 bridgehead atoms. The number of alkyl halides is 1. The van der Waals surface area contributed by atoms with E-state index in [-0.39, 0.29) is 6.42 Å². The van der Waals surface area contributed by atoms with Crippen LogP contribution >= 0.6 is 31.9 Å². The van der Waals surface area contributed by atoms with Gasteiger partial charge in [-0.2, -0.15) is 0 Å². The molecule has 2 nitrogen and oxygen atoms in total. The van der Waals surface area contributed by atoms with Gasteiger partial charge >= 0.3 is 5.97 Å². The summed E-state index contributed by atoms with van der Waals surface area (Å²) in [7, 11) is 1.28. The lowest BCUT2D eigenvalue weighted by Gasteiger charge is -2.06. The van der Waals surface area contributed by atoms with Gasteiger partial charge in [0.25, 0.3) is 0 Å². The molecule has 0 saturated carbocycles. The lowest BCUT2D eigenvalue weighted by Crippen LogP contribution is -2.07. The Morgan fingerprint density at radius 2 is 2.20 bits per heavy atom. The Morgan fingerprint density at radius 1 is 1.53 bits per heavy atom. The van der Waals surface area contributed by atoms with E-state index in [4.69, 9.17) is 0 Å². The van der Waals surface area contributed by atoms with Crippen molar-refractivity contribution < 1.29 is 13.9 Å². The molecule has 82 valence electrons. The van der Waals surface area contributed by atoms with Gasteiger partial charge in [0.15, 0.2) is 0 Å². The fraction of sp³-hybridized carbons (Fsp3) is 0.300. The minimum absolute atomic E-state index is 0.0640. The minimum Gasteiger partial charge on any atom is -0.469 e. The van der Waals surface area contributed by atoms with Crippen LogP contribution in [0.4, 0.5) is 4.39 Å². The SMILES string of the molecule is COC(=O)Cc1c(F)cc(CBr)cc1Br. The second-order valence-electron chi connectivity index (χ2n) is 2.92. The van der Waals surface area contributed by atoms with Crippen LogP contribution in [-0.4, -0.2) is 13.1 Å². The molecule has 15 heavy (non-hydrogen) atoms. The molecule has 5 heteroatoms. The molecule has 0 N–H and O–H groups in total. The van der Waals surface area contributed by atoms with Crippen LogP contribution in [0.1, 0.15) is 11.1 Å². The Bertz CT molecular complexity index is 357. The van der Waals surface area contributed by atoms with Crippen LogP contribution in [0.2, 0.25) is 0 Å². The van der Waals surface area contributed by atoms with E-state index in [1.807, 2.05) is 0 Å². The molecule has 0 unspecified atom stereocenters. The first-order valence-corrected chi connectivity index (χ1v) is 6.09. The fourth-order valence-corrected chi connectivity index (χ4v) is 2.07. The molecule has 0 fully saturated rings. The van der Waals surface area contributed by atoms with Crippen molar-refractivity contribution >= 4 is 37.8 Å². The summed E-state index contributed by atoms with van der Waals surface area (Å²) in [6, 6.07) is 3.17. The number of hydrogen-bond donors (Lipinski definition) is 0. The summed E-state index contributed by atoms with van der Waals surface area (Å²) in [4.78, 5) is 11.0. The molecule has 0 atom stereocenters. The average Bonchev–Trinajstić information content (AvgIpc) is 2.22.